The van der Waals surface area contributed by atoms with Crippen LogP contribution in [-0.2, 0) is 15.1 Å². The number of ether oxygens (including phenoxy) is 1. The Balaban J connectivity index is 1.94. The predicted molar refractivity (Wildman–Crippen MR) is 95.9 cm³/mol. The molecule has 1 aromatic heterocycles. The van der Waals surface area contributed by atoms with E-state index in [1.165, 1.54) is 0 Å². The average Bonchev–Trinajstić information content (AvgIpc) is 3.45. The van der Waals surface area contributed by atoms with Crippen molar-refractivity contribution in [2.75, 3.05) is 12.4 Å². The summed E-state index contributed by atoms with van der Waals surface area (Å²) in [5, 5.41) is 12.8. The number of carbonyl (C=O) groups excluding carboxylic acids is 2. The Morgan fingerprint density at radius 1 is 1.36 bits per heavy atom. The van der Waals surface area contributed by atoms with Crippen molar-refractivity contribution in [3.05, 3.63) is 67.3 Å². The first-order valence-corrected chi connectivity index (χ1v) is 8.34. The fourth-order valence-electron chi connectivity index (χ4n) is 2.80. The second kappa shape index (κ2) is 7.04. The molecular weight excluding hydrogens is 397 g/mol. The Kier molecular flexibility index (Phi) is 4.90. The van der Waals surface area contributed by atoms with E-state index in [1.807, 2.05) is 0 Å². The monoisotopic (exact) mass is 409 g/mol. The molecule has 1 N–H and O–H groups in total. The largest absolute Gasteiger partial charge is 0.467 e. The van der Waals surface area contributed by atoms with Crippen LogP contribution in [0.25, 0.3) is 0 Å². The molecule has 1 aliphatic rings. The lowest BCUT2D eigenvalue weighted by Crippen LogP contribution is -2.38. The van der Waals surface area contributed by atoms with Gasteiger partial charge in [0.1, 0.15) is 22.1 Å². The van der Waals surface area contributed by atoms with Gasteiger partial charge in [0.2, 0.25) is 0 Å². The van der Waals surface area contributed by atoms with E-state index in [0.29, 0.717) is 12.8 Å². The molecule has 146 valence electrons. The number of halogens is 2. The Morgan fingerprint density at radius 3 is 2.57 bits per heavy atom. The van der Waals surface area contributed by atoms with Crippen LogP contribution < -0.4 is 10.9 Å². The number of hydrogen-bond acceptors (Lipinski definition) is 6. The second-order valence-electron chi connectivity index (χ2n) is 6.15. The number of nitro benzene ring substituents is 1. The maximum atomic E-state index is 14.0. The molecule has 9 nitrogen and oxygen atoms in total. The quantitative estimate of drug-likeness (QED) is 0.460. The van der Waals surface area contributed by atoms with E-state index in [1.54, 1.807) is 0 Å². The number of methoxy groups -OCH3 is 1. The van der Waals surface area contributed by atoms with Crippen molar-refractivity contribution in [1.29, 1.82) is 0 Å². The lowest BCUT2D eigenvalue weighted by atomic mass is 10.2. The van der Waals surface area contributed by atoms with Gasteiger partial charge in [-0.1, -0.05) is 11.6 Å². The number of rotatable bonds is 5. The minimum atomic E-state index is -1.29. The number of nitro groups is 1. The molecule has 2 aromatic rings. The number of nitrogens with one attached hydrogen (secondary N) is 1. The first-order chi connectivity index (χ1) is 13.2. The highest BCUT2D eigenvalue weighted by atomic mass is 35.5. The number of anilines is 1. The van der Waals surface area contributed by atoms with Gasteiger partial charge in [0.15, 0.2) is 0 Å². The fourth-order valence-corrected chi connectivity index (χ4v) is 3.05. The van der Waals surface area contributed by atoms with Gasteiger partial charge in [0.25, 0.3) is 17.2 Å². The molecule has 3 rings (SSSR count). The van der Waals surface area contributed by atoms with Crippen LogP contribution in [0.5, 0.6) is 0 Å². The van der Waals surface area contributed by atoms with Gasteiger partial charge < -0.3 is 10.1 Å². The van der Waals surface area contributed by atoms with Gasteiger partial charge in [0, 0.05) is 23.9 Å². The summed E-state index contributed by atoms with van der Waals surface area (Å²) >= 11 is 5.77. The zero-order valence-electron chi connectivity index (χ0n) is 14.4. The number of hydrogen-bond donors (Lipinski definition) is 1. The van der Waals surface area contributed by atoms with Crippen LogP contribution in [0.4, 0.5) is 15.8 Å². The fraction of sp³-hybridized carbons (Fsp3) is 0.235. The SMILES string of the molecule is COC(=O)C1(n2cc(F)cc(NC(=O)c3ccc([N+](=O)[O-])c(Cl)c3)c2=O)CC1. The maximum absolute atomic E-state index is 14.0. The number of pyridine rings is 1. The molecule has 0 bridgehead atoms. The lowest BCUT2D eigenvalue weighted by Gasteiger charge is -2.17. The molecule has 1 aliphatic carbocycles. The van der Waals surface area contributed by atoms with Gasteiger partial charge in [0.05, 0.1) is 12.0 Å². The van der Waals surface area contributed by atoms with Crippen molar-refractivity contribution >= 4 is 34.9 Å². The van der Waals surface area contributed by atoms with E-state index in [0.717, 1.165) is 42.1 Å². The Morgan fingerprint density at radius 2 is 2.04 bits per heavy atom. The van der Waals surface area contributed by atoms with Crippen molar-refractivity contribution in [3.63, 3.8) is 0 Å². The van der Waals surface area contributed by atoms with Crippen molar-refractivity contribution < 1.29 is 23.6 Å². The summed E-state index contributed by atoms with van der Waals surface area (Å²) < 4.78 is 19.6. The van der Waals surface area contributed by atoms with Crippen LogP contribution in [0.1, 0.15) is 23.2 Å². The average molecular weight is 410 g/mol. The molecule has 0 atom stereocenters. The van der Waals surface area contributed by atoms with Crippen LogP contribution in [0, 0.1) is 15.9 Å². The highest BCUT2D eigenvalue weighted by Gasteiger charge is 2.54. The van der Waals surface area contributed by atoms with Crippen LogP contribution >= 0.6 is 11.6 Å². The van der Waals surface area contributed by atoms with Gasteiger partial charge >= 0.3 is 5.97 Å². The van der Waals surface area contributed by atoms with Gasteiger partial charge in [-0.15, -0.1) is 0 Å². The van der Waals surface area contributed by atoms with E-state index in [2.05, 4.69) is 10.1 Å². The highest BCUT2D eigenvalue weighted by Crippen LogP contribution is 2.43. The molecule has 1 aromatic carbocycles. The topological polar surface area (TPSA) is 121 Å². The zero-order valence-corrected chi connectivity index (χ0v) is 15.2. The molecule has 28 heavy (non-hydrogen) atoms. The van der Waals surface area contributed by atoms with Crippen molar-refractivity contribution in [2.24, 2.45) is 0 Å². The van der Waals surface area contributed by atoms with E-state index in [-0.39, 0.29) is 16.3 Å². The third kappa shape index (κ3) is 3.33. The van der Waals surface area contributed by atoms with E-state index >= 15 is 0 Å². The van der Waals surface area contributed by atoms with Gasteiger partial charge in [-0.05, 0) is 25.0 Å². The standard InChI is InChI=1S/C17H13ClFN3O6/c1-28-16(25)17(4-5-17)21-8-10(19)7-12(15(21)24)20-14(23)9-2-3-13(22(26)27)11(18)6-9/h2-3,6-8H,4-5H2,1H3,(H,20,23). The summed E-state index contributed by atoms with van der Waals surface area (Å²) in [4.78, 5) is 47.1. The molecule has 0 unspecified atom stereocenters. The highest BCUT2D eigenvalue weighted by molar-refractivity contribution is 6.33. The summed E-state index contributed by atoms with van der Waals surface area (Å²) in [5.41, 5.74) is -2.93. The smallest absolute Gasteiger partial charge is 0.332 e. The Bertz CT molecular complexity index is 1060. The van der Waals surface area contributed by atoms with Crippen LogP contribution in [-0.4, -0.2) is 28.5 Å². The number of esters is 1. The first kappa shape index (κ1) is 19.5. The molecule has 1 saturated carbocycles. The summed E-state index contributed by atoms with van der Waals surface area (Å²) in [6, 6.07) is 4.06. The molecule has 1 heterocycles. The van der Waals surface area contributed by atoms with E-state index in [9.17, 15) is 28.9 Å². The van der Waals surface area contributed by atoms with Gasteiger partial charge in [-0.25, -0.2) is 9.18 Å². The molecule has 0 radical (unpaired) electrons. The normalized spacial score (nSPS) is 14.2. The number of carbonyl (C=O) groups is 2. The summed E-state index contributed by atoms with van der Waals surface area (Å²) in [6.07, 6.45) is 1.48. The Labute approximate surface area is 161 Å². The lowest BCUT2D eigenvalue weighted by molar-refractivity contribution is -0.384. The minimum absolute atomic E-state index is 0.0695. The summed E-state index contributed by atoms with van der Waals surface area (Å²) in [6.45, 7) is 0. The maximum Gasteiger partial charge on any atom is 0.332 e. The van der Waals surface area contributed by atoms with Gasteiger partial charge in [-0.3, -0.25) is 24.3 Å². The molecule has 0 aliphatic heterocycles. The molecule has 1 fully saturated rings. The minimum Gasteiger partial charge on any atom is -0.467 e. The van der Waals surface area contributed by atoms with Crippen LogP contribution in [0.2, 0.25) is 5.02 Å². The molecule has 1 amide bonds. The molecule has 11 heteroatoms. The number of amides is 1. The van der Waals surface area contributed by atoms with Crippen LogP contribution in [0.3, 0.4) is 0 Å². The second-order valence-corrected chi connectivity index (χ2v) is 6.55. The van der Waals surface area contributed by atoms with Crippen molar-refractivity contribution in [3.8, 4) is 0 Å². The first-order valence-electron chi connectivity index (χ1n) is 7.96. The number of nitrogens with zero attached hydrogens (tertiary/aromatic N) is 2. The Hall–Kier alpha value is -3.27. The third-order valence-corrected chi connectivity index (χ3v) is 4.69. The van der Waals surface area contributed by atoms with Crippen LogP contribution in [0.15, 0.2) is 35.3 Å². The van der Waals surface area contributed by atoms with Gasteiger partial charge in [-0.2, -0.15) is 0 Å². The number of benzene rings is 1. The van der Waals surface area contributed by atoms with E-state index in [4.69, 9.17) is 11.6 Å². The molecule has 0 spiro atoms. The number of aromatic nitrogens is 1. The third-order valence-electron chi connectivity index (χ3n) is 4.39. The van der Waals surface area contributed by atoms with Crippen molar-refractivity contribution in [2.45, 2.75) is 18.4 Å². The molecular formula is C17H13ClFN3O6. The molecule has 0 saturated heterocycles. The summed E-state index contributed by atoms with van der Waals surface area (Å²) in [7, 11) is 1.16. The predicted octanol–water partition coefficient (Wildman–Crippen LogP) is 2.46. The van der Waals surface area contributed by atoms with Crippen molar-refractivity contribution in [1.82, 2.24) is 4.57 Å². The zero-order chi connectivity index (χ0) is 20.6. The summed E-state index contributed by atoms with van der Waals surface area (Å²) in [5.74, 6) is -2.35. The van der Waals surface area contributed by atoms with E-state index < -0.39 is 39.4 Å².